The van der Waals surface area contributed by atoms with E-state index in [1.165, 1.54) is 4.31 Å². The molecule has 0 N–H and O–H groups in total. The Morgan fingerprint density at radius 3 is 2.41 bits per heavy atom. The predicted octanol–water partition coefficient (Wildman–Crippen LogP) is 1.28. The third kappa shape index (κ3) is 2.49. The topological polar surface area (TPSA) is 57.7 Å². The van der Waals surface area contributed by atoms with Crippen molar-refractivity contribution in [3.63, 3.8) is 0 Å². The molecule has 0 spiro atoms. The van der Waals surface area contributed by atoms with Gasteiger partial charge in [0.25, 0.3) is 0 Å². The van der Waals surface area contributed by atoms with Crippen molar-refractivity contribution in [3.8, 4) is 0 Å². The van der Waals surface area contributed by atoms with Gasteiger partial charge in [-0.15, -0.1) is 0 Å². The largest absolute Gasteiger partial charge is 0.299 e. The van der Waals surface area contributed by atoms with E-state index in [-0.39, 0.29) is 23.8 Å². The SMILES string of the molecule is Cc1ccc(S(=O)(=O)N2C[C@@H]3C(=O)C[C@H](C)N(C)[C@H]3C2)cc1. The molecule has 3 atom stereocenters. The first-order valence-corrected chi connectivity index (χ1v) is 9.06. The number of hydrogen-bond donors (Lipinski definition) is 0. The lowest BCUT2D eigenvalue weighted by Crippen LogP contribution is -2.51. The van der Waals surface area contributed by atoms with Crippen LogP contribution in [0.25, 0.3) is 0 Å². The van der Waals surface area contributed by atoms with E-state index >= 15 is 0 Å². The molecule has 120 valence electrons. The summed E-state index contributed by atoms with van der Waals surface area (Å²) < 4.78 is 27.0. The number of Topliss-reactive ketones (excluding diaryl/α,β-unsaturated/α-hetero) is 1. The Morgan fingerprint density at radius 1 is 1.14 bits per heavy atom. The Bertz CT molecular complexity index is 684. The molecule has 0 radical (unpaired) electrons. The van der Waals surface area contributed by atoms with Crippen LogP contribution in [0.3, 0.4) is 0 Å². The first-order chi connectivity index (χ1) is 10.3. The van der Waals surface area contributed by atoms with Crippen molar-refractivity contribution in [2.24, 2.45) is 5.92 Å². The van der Waals surface area contributed by atoms with Crippen molar-refractivity contribution in [2.75, 3.05) is 20.1 Å². The van der Waals surface area contributed by atoms with Gasteiger partial charge in [-0.1, -0.05) is 17.7 Å². The minimum Gasteiger partial charge on any atom is -0.299 e. The molecule has 22 heavy (non-hydrogen) atoms. The zero-order valence-corrected chi connectivity index (χ0v) is 14.0. The number of rotatable bonds is 2. The number of ketones is 1. The maximum Gasteiger partial charge on any atom is 0.243 e. The first-order valence-electron chi connectivity index (χ1n) is 7.62. The van der Waals surface area contributed by atoms with Crippen LogP contribution in [0, 0.1) is 12.8 Å². The Balaban J connectivity index is 1.88. The average Bonchev–Trinajstić information content (AvgIpc) is 2.92. The highest BCUT2D eigenvalue weighted by Gasteiger charge is 2.48. The smallest absolute Gasteiger partial charge is 0.243 e. The highest BCUT2D eigenvalue weighted by molar-refractivity contribution is 7.89. The lowest BCUT2D eigenvalue weighted by Gasteiger charge is -2.38. The van der Waals surface area contributed by atoms with E-state index in [9.17, 15) is 13.2 Å². The lowest BCUT2D eigenvalue weighted by molar-refractivity contribution is -0.128. The molecule has 2 saturated heterocycles. The highest BCUT2D eigenvalue weighted by Crippen LogP contribution is 2.33. The van der Waals surface area contributed by atoms with E-state index in [4.69, 9.17) is 0 Å². The van der Waals surface area contributed by atoms with E-state index in [0.29, 0.717) is 24.4 Å². The van der Waals surface area contributed by atoms with Gasteiger partial charge in [0.2, 0.25) is 10.0 Å². The Hall–Kier alpha value is -1.24. The molecule has 0 bridgehead atoms. The molecule has 0 amide bonds. The number of carbonyl (C=O) groups is 1. The van der Waals surface area contributed by atoms with Crippen LogP contribution in [0.15, 0.2) is 29.2 Å². The Kier molecular flexibility index (Phi) is 3.87. The van der Waals surface area contributed by atoms with Gasteiger partial charge in [0, 0.05) is 37.5 Å². The van der Waals surface area contributed by atoms with Gasteiger partial charge in [0.15, 0.2) is 0 Å². The van der Waals surface area contributed by atoms with Crippen molar-refractivity contribution < 1.29 is 13.2 Å². The monoisotopic (exact) mass is 322 g/mol. The Morgan fingerprint density at radius 2 is 1.77 bits per heavy atom. The van der Waals surface area contributed by atoms with E-state index in [0.717, 1.165) is 5.56 Å². The van der Waals surface area contributed by atoms with Crippen molar-refractivity contribution in [1.29, 1.82) is 0 Å². The molecule has 0 aromatic heterocycles. The zero-order valence-electron chi connectivity index (χ0n) is 13.2. The quantitative estimate of drug-likeness (QED) is 0.823. The molecule has 0 unspecified atom stereocenters. The van der Waals surface area contributed by atoms with Crippen LogP contribution in [0.2, 0.25) is 0 Å². The molecule has 2 aliphatic heterocycles. The third-order valence-electron chi connectivity index (χ3n) is 5.04. The fourth-order valence-electron chi connectivity index (χ4n) is 3.45. The number of carbonyl (C=O) groups excluding carboxylic acids is 1. The Labute approximate surface area is 132 Å². The standard InChI is InChI=1S/C16H22N2O3S/c1-11-4-6-13(7-5-11)22(20,21)18-9-14-15(10-18)17(3)12(2)8-16(14)19/h4-7,12,14-15H,8-10H2,1-3H3/t12-,14-,15-/m0/s1. The second kappa shape index (κ2) is 5.44. The van der Waals surface area contributed by atoms with E-state index in [2.05, 4.69) is 4.90 Å². The summed E-state index contributed by atoms with van der Waals surface area (Å²) in [5.74, 6) is -0.00127. The molecule has 1 aromatic rings. The van der Waals surface area contributed by atoms with Gasteiger partial charge in [-0.2, -0.15) is 4.31 Å². The van der Waals surface area contributed by atoms with Crippen LogP contribution in [0.4, 0.5) is 0 Å². The van der Waals surface area contributed by atoms with E-state index < -0.39 is 10.0 Å². The van der Waals surface area contributed by atoms with Crippen LogP contribution in [0.1, 0.15) is 18.9 Å². The minimum absolute atomic E-state index is 0.00327. The van der Waals surface area contributed by atoms with Crippen molar-refractivity contribution in [3.05, 3.63) is 29.8 Å². The number of aryl methyl sites for hydroxylation is 1. The first kappa shape index (κ1) is 15.6. The molecule has 1 aromatic carbocycles. The summed E-state index contributed by atoms with van der Waals surface area (Å²) >= 11 is 0. The second-order valence-corrected chi connectivity index (χ2v) is 8.43. The van der Waals surface area contributed by atoms with Crippen LogP contribution < -0.4 is 0 Å². The normalized spacial score (nSPS) is 30.5. The summed E-state index contributed by atoms with van der Waals surface area (Å²) in [5.41, 5.74) is 1.03. The summed E-state index contributed by atoms with van der Waals surface area (Å²) in [6, 6.07) is 7.05. The van der Waals surface area contributed by atoms with Gasteiger partial charge in [-0.25, -0.2) is 8.42 Å². The molecule has 0 aliphatic carbocycles. The third-order valence-corrected chi connectivity index (χ3v) is 6.89. The summed E-state index contributed by atoms with van der Waals surface area (Å²) in [4.78, 5) is 14.7. The molecule has 0 saturated carbocycles. The fourth-order valence-corrected chi connectivity index (χ4v) is 4.93. The van der Waals surface area contributed by atoms with Gasteiger partial charge >= 0.3 is 0 Å². The van der Waals surface area contributed by atoms with E-state index in [1.54, 1.807) is 24.3 Å². The van der Waals surface area contributed by atoms with Crippen molar-refractivity contribution in [2.45, 2.75) is 37.2 Å². The predicted molar refractivity (Wildman–Crippen MR) is 84.1 cm³/mol. The average molecular weight is 322 g/mol. The van der Waals surface area contributed by atoms with Crippen molar-refractivity contribution in [1.82, 2.24) is 9.21 Å². The highest BCUT2D eigenvalue weighted by atomic mass is 32.2. The minimum atomic E-state index is -3.52. The van der Waals surface area contributed by atoms with Crippen LogP contribution in [-0.4, -0.2) is 55.6 Å². The summed E-state index contributed by atoms with van der Waals surface area (Å²) in [5, 5.41) is 0. The second-order valence-electron chi connectivity index (χ2n) is 6.49. The number of benzene rings is 1. The van der Waals surface area contributed by atoms with Gasteiger partial charge < -0.3 is 0 Å². The molecule has 5 nitrogen and oxygen atoms in total. The van der Waals surface area contributed by atoms with E-state index in [1.807, 2.05) is 20.9 Å². The summed E-state index contributed by atoms with van der Waals surface area (Å²) in [6.45, 7) is 4.64. The summed E-state index contributed by atoms with van der Waals surface area (Å²) in [6.07, 6.45) is 0.510. The zero-order chi connectivity index (χ0) is 16.1. The van der Waals surface area contributed by atoms with Gasteiger partial charge in [0.05, 0.1) is 4.90 Å². The van der Waals surface area contributed by atoms with Crippen LogP contribution >= 0.6 is 0 Å². The van der Waals surface area contributed by atoms with Gasteiger partial charge in [0.1, 0.15) is 5.78 Å². The van der Waals surface area contributed by atoms with Gasteiger partial charge in [-0.3, -0.25) is 9.69 Å². The maximum atomic E-state index is 12.8. The molecular weight excluding hydrogens is 300 g/mol. The molecule has 2 aliphatic rings. The number of piperidine rings is 1. The maximum absolute atomic E-state index is 12.8. The lowest BCUT2D eigenvalue weighted by atomic mass is 9.87. The summed E-state index contributed by atoms with van der Waals surface area (Å²) in [7, 11) is -1.54. The van der Waals surface area contributed by atoms with Crippen molar-refractivity contribution >= 4 is 15.8 Å². The number of likely N-dealkylation sites (tertiary alicyclic amines) is 1. The molecular formula is C16H22N2O3S. The van der Waals surface area contributed by atoms with Gasteiger partial charge in [-0.05, 0) is 33.0 Å². The van der Waals surface area contributed by atoms with Crippen LogP contribution in [0.5, 0.6) is 0 Å². The fraction of sp³-hybridized carbons (Fsp3) is 0.562. The number of likely N-dealkylation sites (N-methyl/N-ethyl adjacent to an activating group) is 1. The number of fused-ring (bicyclic) bond motifs is 1. The molecule has 3 rings (SSSR count). The number of nitrogens with zero attached hydrogens (tertiary/aromatic N) is 2. The number of sulfonamides is 1. The van der Waals surface area contributed by atoms with Crippen LogP contribution in [-0.2, 0) is 14.8 Å². The molecule has 6 heteroatoms. The number of hydrogen-bond acceptors (Lipinski definition) is 4. The molecule has 2 heterocycles. The molecule has 2 fully saturated rings.